The lowest BCUT2D eigenvalue weighted by Gasteiger charge is -2.25. The first-order valence-corrected chi connectivity index (χ1v) is 18.8. The first-order valence-electron chi connectivity index (χ1n) is 15.6. The fraction of sp³-hybridized carbons (Fsp3) is 0. The van der Waals surface area contributed by atoms with E-state index >= 15 is 0 Å². The van der Waals surface area contributed by atoms with Crippen molar-refractivity contribution in [2.75, 3.05) is 9.80 Å². The molecule has 6 aromatic carbocycles. The quantitative estimate of drug-likeness (QED) is 0.151. The molecule has 2 heterocycles. The van der Waals surface area contributed by atoms with E-state index < -0.39 is 0 Å². The van der Waals surface area contributed by atoms with Gasteiger partial charge in [-0.2, -0.15) is 0 Å². The van der Waals surface area contributed by atoms with Crippen LogP contribution in [-0.4, -0.2) is 0 Å². The predicted molar refractivity (Wildman–Crippen MR) is 215 cm³/mol. The van der Waals surface area contributed by atoms with Crippen molar-refractivity contribution in [1.82, 2.24) is 0 Å². The van der Waals surface area contributed by atoms with Crippen LogP contribution in [-0.2, 0) is 0 Å². The maximum absolute atomic E-state index is 3.99. The second-order valence-corrected chi connectivity index (χ2v) is 14.9. The average molecular weight is 785 g/mol. The van der Waals surface area contributed by atoms with Gasteiger partial charge < -0.3 is 9.80 Å². The van der Waals surface area contributed by atoms with Gasteiger partial charge in [-0.3, -0.25) is 0 Å². The largest absolute Gasteiger partial charge is 0.311 e. The van der Waals surface area contributed by atoms with Crippen molar-refractivity contribution in [2.24, 2.45) is 0 Å². The molecular formula is C42H28Br2N2S2. The zero-order valence-electron chi connectivity index (χ0n) is 25.6. The van der Waals surface area contributed by atoms with Gasteiger partial charge >= 0.3 is 0 Å². The Morgan fingerprint density at radius 3 is 0.833 bits per heavy atom. The highest BCUT2D eigenvalue weighted by molar-refractivity contribution is 9.11. The standard InChI is InChI=1S/C42H28Br2N2S2/c43-37-39(29-21-25-35(26-22-29)45(31-13-5-1-6-14-31)32-15-7-2-8-16-32)47-42-38(44)40(48-41(37)42)30-23-27-36(28-24-30)46(33-17-9-3-10-18-33)34-19-11-4-12-20-34/h1-28H. The summed E-state index contributed by atoms with van der Waals surface area (Å²) >= 11 is 11.6. The number of thiophene rings is 2. The molecule has 0 saturated carbocycles. The number of benzene rings is 6. The maximum atomic E-state index is 3.99. The minimum Gasteiger partial charge on any atom is -0.311 e. The molecule has 0 fully saturated rings. The van der Waals surface area contributed by atoms with E-state index in [2.05, 4.69) is 212 Å². The van der Waals surface area contributed by atoms with Crippen molar-refractivity contribution in [2.45, 2.75) is 0 Å². The van der Waals surface area contributed by atoms with Crippen LogP contribution in [0.1, 0.15) is 0 Å². The fourth-order valence-electron chi connectivity index (χ4n) is 5.98. The molecule has 6 heteroatoms. The smallest absolute Gasteiger partial charge is 0.0618 e. The first kappa shape index (κ1) is 30.8. The molecule has 2 nitrogen and oxygen atoms in total. The summed E-state index contributed by atoms with van der Waals surface area (Å²) in [6.07, 6.45) is 0. The van der Waals surface area contributed by atoms with Gasteiger partial charge in [0.05, 0.1) is 28.1 Å². The number of hydrogen-bond acceptors (Lipinski definition) is 4. The van der Waals surface area contributed by atoms with Crippen molar-refractivity contribution >= 4 is 98.1 Å². The van der Waals surface area contributed by atoms with Crippen molar-refractivity contribution in [1.29, 1.82) is 0 Å². The van der Waals surface area contributed by atoms with E-state index in [1.807, 2.05) is 22.7 Å². The van der Waals surface area contributed by atoms with E-state index in [1.54, 1.807) is 0 Å². The molecular weight excluding hydrogens is 756 g/mol. The van der Waals surface area contributed by atoms with Gasteiger partial charge in [-0.05, 0) is 116 Å². The number of nitrogens with zero attached hydrogens (tertiary/aromatic N) is 2. The highest BCUT2D eigenvalue weighted by atomic mass is 79.9. The van der Waals surface area contributed by atoms with E-state index in [0.717, 1.165) is 43.1 Å². The number of anilines is 6. The molecule has 0 amide bonds. The third kappa shape index (κ3) is 5.90. The molecule has 0 saturated heterocycles. The van der Waals surface area contributed by atoms with Gasteiger partial charge in [0.25, 0.3) is 0 Å². The Labute approximate surface area is 305 Å². The van der Waals surface area contributed by atoms with E-state index in [-0.39, 0.29) is 0 Å². The van der Waals surface area contributed by atoms with Crippen LogP contribution < -0.4 is 9.80 Å². The van der Waals surface area contributed by atoms with Crippen LogP contribution in [0.4, 0.5) is 34.1 Å². The molecule has 0 atom stereocenters. The Bertz CT molecular complexity index is 2040. The van der Waals surface area contributed by atoms with Gasteiger partial charge in [-0.15, -0.1) is 22.7 Å². The summed E-state index contributed by atoms with van der Waals surface area (Å²) in [7, 11) is 0. The van der Waals surface area contributed by atoms with E-state index in [1.165, 1.54) is 30.3 Å². The zero-order chi connectivity index (χ0) is 32.5. The molecule has 0 aliphatic carbocycles. The molecule has 0 unspecified atom stereocenters. The summed E-state index contributed by atoms with van der Waals surface area (Å²) in [5.41, 5.74) is 9.15. The van der Waals surface area contributed by atoms with Gasteiger partial charge in [0.2, 0.25) is 0 Å². The SMILES string of the molecule is Brc1c(-c2ccc(N(c3ccccc3)c3ccccc3)cc2)sc2c(Br)c(-c3ccc(N(c4ccccc4)c4ccccc4)cc3)sc12. The normalized spacial score (nSPS) is 11.1. The molecule has 0 aliphatic heterocycles. The molecule has 48 heavy (non-hydrogen) atoms. The molecule has 0 aliphatic rings. The molecule has 2 aromatic heterocycles. The zero-order valence-corrected chi connectivity index (χ0v) is 30.4. The molecule has 0 bridgehead atoms. The van der Waals surface area contributed by atoms with Gasteiger partial charge in [-0.25, -0.2) is 0 Å². The fourth-order valence-corrected chi connectivity index (χ4v) is 10.5. The van der Waals surface area contributed by atoms with Crippen molar-refractivity contribution in [3.8, 4) is 20.9 Å². The summed E-state index contributed by atoms with van der Waals surface area (Å²) in [5, 5.41) is 0. The second-order valence-electron chi connectivity index (χ2n) is 11.3. The highest BCUT2D eigenvalue weighted by Crippen LogP contribution is 2.53. The lowest BCUT2D eigenvalue weighted by molar-refractivity contribution is 1.28. The van der Waals surface area contributed by atoms with E-state index in [9.17, 15) is 0 Å². The predicted octanol–water partition coefficient (Wildman–Crippen LogP) is 14.8. The number of halogens is 2. The van der Waals surface area contributed by atoms with Crippen LogP contribution in [0.15, 0.2) is 179 Å². The molecule has 8 rings (SSSR count). The van der Waals surface area contributed by atoms with Crippen LogP contribution in [0.3, 0.4) is 0 Å². The van der Waals surface area contributed by atoms with Gasteiger partial charge in [0.15, 0.2) is 0 Å². The number of rotatable bonds is 8. The number of fused-ring (bicyclic) bond motifs is 1. The first-order chi connectivity index (χ1) is 23.7. The summed E-state index contributed by atoms with van der Waals surface area (Å²) in [4.78, 5) is 7.05. The third-order valence-electron chi connectivity index (χ3n) is 8.24. The van der Waals surface area contributed by atoms with E-state index in [0.29, 0.717) is 0 Å². The number of hydrogen-bond donors (Lipinski definition) is 0. The molecule has 0 spiro atoms. The summed E-state index contributed by atoms with van der Waals surface area (Å²) < 4.78 is 4.81. The van der Waals surface area contributed by atoms with Gasteiger partial charge in [0, 0.05) is 34.1 Å². The summed E-state index contributed by atoms with van der Waals surface area (Å²) in [6, 6.07) is 59.9. The van der Waals surface area contributed by atoms with Crippen LogP contribution >= 0.6 is 54.5 Å². The van der Waals surface area contributed by atoms with Gasteiger partial charge in [0.1, 0.15) is 0 Å². The molecule has 0 N–H and O–H groups in total. The Kier molecular flexibility index (Phi) is 8.72. The van der Waals surface area contributed by atoms with Crippen molar-refractivity contribution in [3.05, 3.63) is 179 Å². The van der Waals surface area contributed by atoms with Crippen molar-refractivity contribution in [3.63, 3.8) is 0 Å². The lowest BCUT2D eigenvalue weighted by Crippen LogP contribution is -2.09. The van der Waals surface area contributed by atoms with Crippen LogP contribution in [0.2, 0.25) is 0 Å². The third-order valence-corrected chi connectivity index (χ3v) is 13.5. The summed E-state index contributed by atoms with van der Waals surface area (Å²) in [5.74, 6) is 0. The Morgan fingerprint density at radius 2 is 0.562 bits per heavy atom. The minimum atomic E-state index is 1.12. The molecule has 0 radical (unpaired) electrons. The lowest BCUT2D eigenvalue weighted by atomic mass is 10.1. The number of para-hydroxylation sites is 4. The molecule has 232 valence electrons. The van der Waals surface area contributed by atoms with E-state index in [4.69, 9.17) is 0 Å². The topological polar surface area (TPSA) is 6.48 Å². The van der Waals surface area contributed by atoms with Crippen LogP contribution in [0.25, 0.3) is 30.3 Å². The second kappa shape index (κ2) is 13.6. The molecule has 8 aromatic rings. The minimum absolute atomic E-state index is 1.12. The van der Waals surface area contributed by atoms with Gasteiger partial charge in [-0.1, -0.05) is 97.1 Å². The van der Waals surface area contributed by atoms with Crippen LogP contribution in [0, 0.1) is 0 Å². The summed E-state index contributed by atoms with van der Waals surface area (Å²) in [6.45, 7) is 0. The highest BCUT2D eigenvalue weighted by Gasteiger charge is 2.21. The maximum Gasteiger partial charge on any atom is 0.0618 e. The van der Waals surface area contributed by atoms with Crippen LogP contribution in [0.5, 0.6) is 0 Å². The Balaban J connectivity index is 1.10. The van der Waals surface area contributed by atoms with Crippen molar-refractivity contribution < 1.29 is 0 Å². The average Bonchev–Trinajstić information content (AvgIpc) is 3.66. The Morgan fingerprint density at radius 1 is 0.312 bits per heavy atom. The Hall–Kier alpha value is -4.46. The monoisotopic (exact) mass is 782 g/mol.